The third-order valence-electron chi connectivity index (χ3n) is 4.80. The number of likely N-dealkylation sites (tertiary alicyclic amines) is 1. The Labute approximate surface area is 140 Å². The molecule has 0 spiro atoms. The Kier molecular flexibility index (Phi) is 4.07. The summed E-state index contributed by atoms with van der Waals surface area (Å²) in [5.74, 6) is 1.21. The molecule has 1 aromatic carbocycles. The van der Waals surface area contributed by atoms with Crippen LogP contribution in [0.3, 0.4) is 0 Å². The summed E-state index contributed by atoms with van der Waals surface area (Å²) < 4.78 is 15.6. The second-order valence-corrected chi connectivity index (χ2v) is 7.06. The van der Waals surface area contributed by atoms with E-state index in [0.29, 0.717) is 12.0 Å². The fourth-order valence-electron chi connectivity index (χ4n) is 3.48. The highest BCUT2D eigenvalue weighted by molar-refractivity contribution is 6.30. The smallest absolute Gasteiger partial charge is 0.141 e. The maximum atomic E-state index is 13.3. The second kappa shape index (κ2) is 6.21. The first-order valence-electron chi connectivity index (χ1n) is 8.26. The lowest BCUT2D eigenvalue weighted by Crippen LogP contribution is -2.34. The molecule has 2 aliphatic rings. The zero-order valence-electron chi connectivity index (χ0n) is 13.0. The number of nitrogens with zero attached hydrogens (tertiary/aromatic N) is 4. The lowest BCUT2D eigenvalue weighted by atomic mass is 9.96. The highest BCUT2D eigenvalue weighted by Crippen LogP contribution is 2.38. The van der Waals surface area contributed by atoms with E-state index < -0.39 is 0 Å². The molecule has 1 aliphatic carbocycles. The van der Waals surface area contributed by atoms with Crippen molar-refractivity contribution in [3.63, 3.8) is 0 Å². The summed E-state index contributed by atoms with van der Waals surface area (Å²) in [5.41, 5.74) is 1.06. The third kappa shape index (κ3) is 3.26. The molecule has 0 N–H and O–H groups in total. The minimum Gasteiger partial charge on any atom is -0.314 e. The first-order valence-corrected chi connectivity index (χ1v) is 8.64. The van der Waals surface area contributed by atoms with Crippen LogP contribution in [0.4, 0.5) is 4.39 Å². The summed E-state index contributed by atoms with van der Waals surface area (Å²) in [6.45, 7) is 2.83. The van der Waals surface area contributed by atoms with E-state index in [1.54, 1.807) is 6.07 Å². The summed E-state index contributed by atoms with van der Waals surface area (Å²) >= 11 is 5.89. The molecule has 1 aliphatic heterocycles. The van der Waals surface area contributed by atoms with Crippen molar-refractivity contribution in [1.29, 1.82) is 0 Å². The molecule has 0 radical (unpaired) electrons. The summed E-state index contributed by atoms with van der Waals surface area (Å²) in [6.07, 6.45) is 6.68. The number of rotatable bonds is 4. The highest BCUT2D eigenvalue weighted by atomic mass is 35.5. The molecule has 0 bridgehead atoms. The molecule has 0 unspecified atom stereocenters. The molecule has 4 nitrogen and oxygen atoms in total. The Morgan fingerprint density at radius 1 is 1.26 bits per heavy atom. The van der Waals surface area contributed by atoms with Crippen LogP contribution in [-0.2, 0) is 6.54 Å². The van der Waals surface area contributed by atoms with Crippen molar-refractivity contribution >= 4 is 11.6 Å². The number of hydrogen-bond acceptors (Lipinski definition) is 3. The zero-order valence-corrected chi connectivity index (χ0v) is 13.7. The van der Waals surface area contributed by atoms with Gasteiger partial charge in [-0.3, -0.25) is 4.90 Å². The minimum atomic E-state index is -0.357. The van der Waals surface area contributed by atoms with Gasteiger partial charge in [-0.2, -0.15) is 0 Å². The van der Waals surface area contributed by atoms with E-state index in [9.17, 15) is 4.39 Å². The van der Waals surface area contributed by atoms with Crippen LogP contribution in [-0.4, -0.2) is 32.8 Å². The molecule has 4 rings (SSSR count). The van der Waals surface area contributed by atoms with E-state index in [4.69, 9.17) is 11.6 Å². The second-order valence-electron chi connectivity index (χ2n) is 6.65. The van der Waals surface area contributed by atoms with Crippen LogP contribution < -0.4 is 0 Å². The molecule has 1 atom stereocenters. The van der Waals surface area contributed by atoms with Crippen molar-refractivity contribution < 1.29 is 4.39 Å². The predicted molar refractivity (Wildman–Crippen MR) is 87.0 cm³/mol. The molecule has 122 valence electrons. The molecule has 2 fully saturated rings. The van der Waals surface area contributed by atoms with Crippen molar-refractivity contribution in [3.05, 3.63) is 46.8 Å². The van der Waals surface area contributed by atoms with Gasteiger partial charge >= 0.3 is 0 Å². The average Bonchev–Trinajstić information content (AvgIpc) is 3.28. The quantitative estimate of drug-likeness (QED) is 0.853. The number of piperidine rings is 1. The first kappa shape index (κ1) is 15.1. The van der Waals surface area contributed by atoms with Crippen molar-refractivity contribution in [2.75, 3.05) is 13.1 Å². The van der Waals surface area contributed by atoms with Gasteiger partial charge in [-0.25, -0.2) is 4.39 Å². The average molecular weight is 335 g/mol. The minimum absolute atomic E-state index is 0.199. The Morgan fingerprint density at radius 2 is 2.13 bits per heavy atom. The molecular weight excluding hydrogens is 315 g/mol. The molecular formula is C17H20ClFN4. The lowest BCUT2D eigenvalue weighted by Gasteiger charge is -2.32. The Morgan fingerprint density at radius 3 is 2.91 bits per heavy atom. The fourth-order valence-corrected chi connectivity index (χ4v) is 3.69. The van der Waals surface area contributed by atoms with Crippen molar-refractivity contribution in [3.8, 4) is 0 Å². The Balaban J connectivity index is 1.46. The normalized spacial score (nSPS) is 22.4. The van der Waals surface area contributed by atoms with Gasteiger partial charge in [0.05, 0.1) is 5.02 Å². The fraction of sp³-hybridized carbons (Fsp3) is 0.529. The van der Waals surface area contributed by atoms with Crippen LogP contribution in [0, 0.1) is 5.82 Å². The van der Waals surface area contributed by atoms with Gasteiger partial charge in [-0.15, -0.1) is 10.2 Å². The number of hydrogen-bond donors (Lipinski definition) is 0. The zero-order chi connectivity index (χ0) is 15.8. The maximum Gasteiger partial charge on any atom is 0.141 e. The van der Waals surface area contributed by atoms with E-state index in [0.717, 1.165) is 43.9 Å². The number of halogens is 2. The largest absolute Gasteiger partial charge is 0.314 e. The van der Waals surface area contributed by atoms with E-state index in [1.165, 1.54) is 18.9 Å². The van der Waals surface area contributed by atoms with Gasteiger partial charge in [-0.05, 0) is 49.9 Å². The highest BCUT2D eigenvalue weighted by Gasteiger charge is 2.31. The molecule has 2 aromatic rings. The molecule has 0 amide bonds. The number of aromatic nitrogens is 3. The summed E-state index contributed by atoms with van der Waals surface area (Å²) in [7, 11) is 0. The maximum absolute atomic E-state index is 13.3. The van der Waals surface area contributed by atoms with Crippen molar-refractivity contribution in [1.82, 2.24) is 19.7 Å². The molecule has 6 heteroatoms. The van der Waals surface area contributed by atoms with E-state index in [2.05, 4.69) is 19.7 Å². The van der Waals surface area contributed by atoms with Crippen LogP contribution in [0.5, 0.6) is 0 Å². The summed E-state index contributed by atoms with van der Waals surface area (Å²) in [6, 6.07) is 5.61. The predicted octanol–water partition coefficient (Wildman–Crippen LogP) is 3.79. The van der Waals surface area contributed by atoms with Gasteiger partial charge in [0.15, 0.2) is 0 Å². The van der Waals surface area contributed by atoms with Gasteiger partial charge < -0.3 is 4.57 Å². The van der Waals surface area contributed by atoms with E-state index in [-0.39, 0.29) is 10.8 Å². The topological polar surface area (TPSA) is 34.0 Å². The SMILES string of the molecule is Fc1ccc(CN2CCC[C@@H](c3nncn3C3CC3)C2)cc1Cl. The van der Waals surface area contributed by atoms with Crippen molar-refractivity contribution in [2.24, 2.45) is 0 Å². The van der Waals surface area contributed by atoms with Gasteiger partial charge in [0, 0.05) is 25.0 Å². The van der Waals surface area contributed by atoms with Crippen LogP contribution >= 0.6 is 11.6 Å². The summed E-state index contributed by atoms with van der Waals surface area (Å²) in [4.78, 5) is 2.41. The van der Waals surface area contributed by atoms with Crippen LogP contribution in [0.2, 0.25) is 5.02 Å². The monoisotopic (exact) mass is 334 g/mol. The molecule has 1 saturated heterocycles. The van der Waals surface area contributed by atoms with Gasteiger partial charge in [0.25, 0.3) is 0 Å². The van der Waals surface area contributed by atoms with Gasteiger partial charge in [0.1, 0.15) is 18.0 Å². The number of benzene rings is 1. The molecule has 1 saturated carbocycles. The van der Waals surface area contributed by atoms with E-state index >= 15 is 0 Å². The standard InChI is InChI=1S/C17H20ClFN4/c18-15-8-12(3-6-16(15)19)9-22-7-1-2-13(10-22)17-21-20-11-23(17)14-4-5-14/h3,6,8,11,13-14H,1-2,4-5,7,9-10H2/t13-/m1/s1. The summed E-state index contributed by atoms with van der Waals surface area (Å²) in [5, 5.41) is 8.71. The first-order chi connectivity index (χ1) is 11.2. The Hall–Kier alpha value is -1.46. The van der Waals surface area contributed by atoms with Crippen LogP contribution in [0.15, 0.2) is 24.5 Å². The van der Waals surface area contributed by atoms with Crippen molar-refractivity contribution in [2.45, 2.75) is 44.2 Å². The lowest BCUT2D eigenvalue weighted by molar-refractivity contribution is 0.194. The molecule has 23 heavy (non-hydrogen) atoms. The van der Waals surface area contributed by atoms with Crippen LogP contribution in [0.1, 0.15) is 49.0 Å². The molecule has 1 aromatic heterocycles. The van der Waals surface area contributed by atoms with Crippen LogP contribution in [0.25, 0.3) is 0 Å². The Bertz CT molecular complexity index is 698. The van der Waals surface area contributed by atoms with E-state index in [1.807, 2.05) is 12.4 Å². The van der Waals surface area contributed by atoms with Gasteiger partial charge in [-0.1, -0.05) is 17.7 Å². The van der Waals surface area contributed by atoms with Gasteiger partial charge in [0.2, 0.25) is 0 Å². The third-order valence-corrected chi connectivity index (χ3v) is 5.09. The molecule has 2 heterocycles.